The van der Waals surface area contributed by atoms with E-state index in [1.54, 1.807) is 4.52 Å². The molecule has 0 unspecified atom stereocenters. The van der Waals surface area contributed by atoms with Crippen LogP contribution < -0.4 is 5.73 Å². The Balaban J connectivity index is 2.48. The van der Waals surface area contributed by atoms with Crippen LogP contribution in [0.5, 0.6) is 0 Å². The summed E-state index contributed by atoms with van der Waals surface area (Å²) in [6.45, 7) is 4.78. The Kier molecular flexibility index (Phi) is 3.25. The Morgan fingerprint density at radius 1 is 1.44 bits per heavy atom. The van der Waals surface area contributed by atoms with Gasteiger partial charge in [0.05, 0.1) is 11.4 Å². The van der Waals surface area contributed by atoms with Gasteiger partial charge in [-0.1, -0.05) is 13.8 Å². The van der Waals surface area contributed by atoms with Gasteiger partial charge in [-0.25, -0.2) is 9.50 Å². The molecular weight excluding hydrogens is 268 g/mol. The third kappa shape index (κ3) is 2.10. The van der Waals surface area contributed by atoms with Crippen LogP contribution >= 0.6 is 15.9 Å². The number of aromatic nitrogens is 3. The molecule has 2 rings (SSSR count). The Morgan fingerprint density at radius 2 is 2.19 bits per heavy atom. The summed E-state index contributed by atoms with van der Waals surface area (Å²) < 4.78 is 2.66. The van der Waals surface area contributed by atoms with E-state index in [4.69, 9.17) is 5.73 Å². The summed E-state index contributed by atoms with van der Waals surface area (Å²) in [4.78, 5) is 4.38. The number of imidazole rings is 1. The molecule has 0 amide bonds. The zero-order valence-corrected chi connectivity index (χ0v) is 11.0. The molecule has 0 saturated carbocycles. The highest BCUT2D eigenvalue weighted by atomic mass is 79.9. The molecule has 0 aliphatic carbocycles. The van der Waals surface area contributed by atoms with Crippen LogP contribution in [-0.2, 0) is 13.0 Å². The number of hydrogen-bond donors (Lipinski definition) is 1. The molecule has 2 aromatic rings. The van der Waals surface area contributed by atoms with Gasteiger partial charge >= 0.3 is 0 Å². The summed E-state index contributed by atoms with van der Waals surface area (Å²) in [6, 6.07) is 4.00. The van der Waals surface area contributed by atoms with E-state index >= 15 is 0 Å². The minimum atomic E-state index is 0.420. The highest BCUT2D eigenvalue weighted by molar-refractivity contribution is 9.10. The van der Waals surface area contributed by atoms with Crippen molar-refractivity contribution in [3.05, 3.63) is 28.1 Å². The molecule has 0 bridgehead atoms. The molecule has 5 heteroatoms. The molecule has 0 aliphatic heterocycles. The van der Waals surface area contributed by atoms with E-state index in [9.17, 15) is 0 Å². The second-order valence-electron chi connectivity index (χ2n) is 4.25. The van der Waals surface area contributed by atoms with E-state index in [0.29, 0.717) is 12.5 Å². The average molecular weight is 283 g/mol. The molecule has 0 saturated heterocycles. The molecule has 0 aromatic carbocycles. The van der Waals surface area contributed by atoms with Crippen molar-refractivity contribution in [3.8, 4) is 0 Å². The van der Waals surface area contributed by atoms with E-state index in [0.717, 1.165) is 28.1 Å². The predicted molar refractivity (Wildman–Crippen MR) is 67.1 cm³/mol. The Hall–Kier alpha value is -0.940. The van der Waals surface area contributed by atoms with Crippen LogP contribution in [0.15, 0.2) is 16.7 Å². The summed E-state index contributed by atoms with van der Waals surface area (Å²) in [5.41, 5.74) is 8.35. The fourth-order valence-electron chi connectivity index (χ4n) is 1.65. The van der Waals surface area contributed by atoms with E-state index in [-0.39, 0.29) is 0 Å². The van der Waals surface area contributed by atoms with Crippen LogP contribution in [0.3, 0.4) is 0 Å². The third-order valence-electron chi connectivity index (χ3n) is 2.35. The maximum absolute atomic E-state index is 5.60. The van der Waals surface area contributed by atoms with Gasteiger partial charge in [0, 0.05) is 6.54 Å². The lowest BCUT2D eigenvalue weighted by Gasteiger charge is -2.04. The minimum Gasteiger partial charge on any atom is -0.325 e. The number of halogens is 1. The Morgan fingerprint density at radius 3 is 2.81 bits per heavy atom. The van der Waals surface area contributed by atoms with E-state index in [2.05, 4.69) is 39.9 Å². The van der Waals surface area contributed by atoms with E-state index in [1.807, 2.05) is 12.1 Å². The monoisotopic (exact) mass is 282 g/mol. The first-order chi connectivity index (χ1) is 7.61. The summed E-state index contributed by atoms with van der Waals surface area (Å²) >= 11 is 3.47. The molecule has 0 spiro atoms. The van der Waals surface area contributed by atoms with Crippen LogP contribution in [0.1, 0.15) is 25.2 Å². The molecular formula is C11H15BrN4. The van der Waals surface area contributed by atoms with Crippen molar-refractivity contribution in [3.63, 3.8) is 0 Å². The standard InChI is InChI=1S/C11H15BrN4/c1-7(2)5-8-3-4-10-14-9(6-13)11(12)16(10)15-8/h3-4,7H,5-6,13H2,1-2H3. The second-order valence-corrected chi connectivity index (χ2v) is 5.00. The fraction of sp³-hybridized carbons (Fsp3) is 0.455. The molecule has 0 fully saturated rings. The Labute approximate surface area is 103 Å². The lowest BCUT2D eigenvalue weighted by molar-refractivity contribution is 0.623. The van der Waals surface area contributed by atoms with Crippen molar-refractivity contribution >= 4 is 21.6 Å². The predicted octanol–water partition coefficient (Wildman–Crippen LogP) is 2.15. The maximum atomic E-state index is 5.60. The molecule has 2 heterocycles. The summed E-state index contributed by atoms with van der Waals surface area (Å²) in [5.74, 6) is 0.598. The lowest BCUT2D eigenvalue weighted by Crippen LogP contribution is -2.02. The average Bonchev–Trinajstić information content (AvgIpc) is 2.55. The number of rotatable bonds is 3. The molecule has 0 aliphatic rings. The van der Waals surface area contributed by atoms with Gasteiger partial charge in [0.15, 0.2) is 5.65 Å². The van der Waals surface area contributed by atoms with Gasteiger partial charge in [-0.3, -0.25) is 0 Å². The zero-order chi connectivity index (χ0) is 11.7. The van der Waals surface area contributed by atoms with Gasteiger partial charge in [-0.15, -0.1) is 0 Å². The van der Waals surface area contributed by atoms with Gasteiger partial charge in [0.2, 0.25) is 0 Å². The molecule has 16 heavy (non-hydrogen) atoms. The number of nitrogens with two attached hydrogens (primary N) is 1. The minimum absolute atomic E-state index is 0.420. The fourth-order valence-corrected chi connectivity index (χ4v) is 2.16. The third-order valence-corrected chi connectivity index (χ3v) is 3.15. The van der Waals surface area contributed by atoms with Gasteiger partial charge < -0.3 is 5.73 Å². The summed E-state index contributed by atoms with van der Waals surface area (Å²) in [7, 11) is 0. The summed E-state index contributed by atoms with van der Waals surface area (Å²) in [6.07, 6.45) is 0.971. The Bertz CT molecular complexity index is 504. The number of fused-ring (bicyclic) bond motifs is 1. The number of hydrogen-bond acceptors (Lipinski definition) is 3. The van der Waals surface area contributed by atoms with Crippen molar-refractivity contribution < 1.29 is 0 Å². The topological polar surface area (TPSA) is 56.2 Å². The highest BCUT2D eigenvalue weighted by Gasteiger charge is 2.10. The van der Waals surface area contributed by atoms with Crippen LogP contribution in [0, 0.1) is 5.92 Å². The molecule has 4 nitrogen and oxygen atoms in total. The normalized spacial score (nSPS) is 11.6. The molecule has 0 radical (unpaired) electrons. The SMILES string of the molecule is CC(C)Cc1ccc2nc(CN)c(Br)n2n1. The van der Waals surface area contributed by atoms with Gasteiger partial charge in [-0.2, -0.15) is 5.10 Å². The first-order valence-corrected chi connectivity index (χ1v) is 6.14. The van der Waals surface area contributed by atoms with Gasteiger partial charge in [0.1, 0.15) is 4.60 Å². The summed E-state index contributed by atoms with van der Waals surface area (Å²) in [5, 5.41) is 4.54. The van der Waals surface area contributed by atoms with Crippen molar-refractivity contribution in [1.29, 1.82) is 0 Å². The van der Waals surface area contributed by atoms with Crippen molar-refractivity contribution in [2.24, 2.45) is 11.7 Å². The zero-order valence-electron chi connectivity index (χ0n) is 9.44. The second kappa shape index (κ2) is 4.51. The van der Waals surface area contributed by atoms with E-state index < -0.39 is 0 Å². The smallest absolute Gasteiger partial charge is 0.155 e. The molecule has 2 aromatic heterocycles. The van der Waals surface area contributed by atoms with Crippen molar-refractivity contribution in [2.75, 3.05) is 0 Å². The van der Waals surface area contributed by atoms with Gasteiger partial charge in [-0.05, 0) is 40.4 Å². The highest BCUT2D eigenvalue weighted by Crippen LogP contribution is 2.18. The van der Waals surface area contributed by atoms with Crippen molar-refractivity contribution in [2.45, 2.75) is 26.8 Å². The molecule has 2 N–H and O–H groups in total. The maximum Gasteiger partial charge on any atom is 0.155 e. The lowest BCUT2D eigenvalue weighted by atomic mass is 10.1. The molecule has 0 atom stereocenters. The van der Waals surface area contributed by atoms with Crippen molar-refractivity contribution in [1.82, 2.24) is 14.6 Å². The van der Waals surface area contributed by atoms with Crippen LogP contribution in [0.25, 0.3) is 5.65 Å². The van der Waals surface area contributed by atoms with Gasteiger partial charge in [0.25, 0.3) is 0 Å². The quantitative estimate of drug-likeness (QED) is 0.939. The first-order valence-electron chi connectivity index (χ1n) is 5.35. The van der Waals surface area contributed by atoms with E-state index in [1.165, 1.54) is 0 Å². The first kappa shape index (κ1) is 11.5. The van der Waals surface area contributed by atoms with Crippen LogP contribution in [0.2, 0.25) is 0 Å². The van der Waals surface area contributed by atoms with Crippen LogP contribution in [-0.4, -0.2) is 14.6 Å². The largest absolute Gasteiger partial charge is 0.325 e. The molecule has 86 valence electrons. The van der Waals surface area contributed by atoms with Crippen LogP contribution in [0.4, 0.5) is 0 Å². The number of nitrogens with zero attached hydrogens (tertiary/aromatic N) is 3.